The van der Waals surface area contributed by atoms with Gasteiger partial charge in [0.2, 0.25) is 5.91 Å². The second-order valence-electron chi connectivity index (χ2n) is 8.54. The van der Waals surface area contributed by atoms with Crippen molar-refractivity contribution in [2.24, 2.45) is 5.92 Å². The number of nitrogens with one attached hydrogen (secondary N) is 1. The maximum absolute atomic E-state index is 12.4. The van der Waals surface area contributed by atoms with E-state index < -0.39 is 36.7 Å². The van der Waals surface area contributed by atoms with E-state index in [1.807, 2.05) is 43.4 Å². The minimum atomic E-state index is -5.08. The van der Waals surface area contributed by atoms with Crippen molar-refractivity contribution in [3.05, 3.63) is 29.8 Å². The van der Waals surface area contributed by atoms with Crippen molar-refractivity contribution in [1.82, 2.24) is 10.2 Å². The number of para-hydroxylation sites is 1. The van der Waals surface area contributed by atoms with Crippen LogP contribution in [0.3, 0.4) is 0 Å². The number of amides is 1. The molecular weight excluding hydrogens is 486 g/mol. The van der Waals surface area contributed by atoms with Gasteiger partial charge in [0, 0.05) is 31.3 Å². The van der Waals surface area contributed by atoms with Crippen LogP contribution in [0.2, 0.25) is 0 Å². The van der Waals surface area contributed by atoms with Gasteiger partial charge in [-0.15, -0.1) is 0 Å². The molecule has 7 nitrogen and oxygen atoms in total. The lowest BCUT2D eigenvalue weighted by Gasteiger charge is -2.40. The first-order valence-electron chi connectivity index (χ1n) is 10.9. The number of ether oxygens (including phenoxy) is 2. The minimum Gasteiger partial charge on any atom is -0.491 e. The first kappa shape index (κ1) is 28.7. The molecule has 3 rings (SSSR count). The quantitative estimate of drug-likeness (QED) is 0.563. The van der Waals surface area contributed by atoms with E-state index >= 15 is 0 Å². The fraction of sp³-hybridized carbons (Fsp3) is 0.636. The smallest absolute Gasteiger partial charge is 0.490 e. The Morgan fingerprint density at radius 3 is 2.40 bits per heavy atom. The molecule has 13 heteroatoms. The molecule has 2 heterocycles. The number of carboxylic acids is 1. The van der Waals surface area contributed by atoms with Gasteiger partial charge in [0.25, 0.3) is 0 Å². The van der Waals surface area contributed by atoms with Crippen LogP contribution in [0.1, 0.15) is 32.3 Å². The van der Waals surface area contributed by atoms with Crippen LogP contribution < -0.4 is 10.1 Å². The average molecular weight is 514 g/mol. The van der Waals surface area contributed by atoms with Crippen molar-refractivity contribution < 1.29 is 50.5 Å². The van der Waals surface area contributed by atoms with Gasteiger partial charge >= 0.3 is 18.3 Å². The second kappa shape index (κ2) is 11.9. The summed E-state index contributed by atoms with van der Waals surface area (Å²) in [4.78, 5) is 23.4. The molecule has 198 valence electrons. The van der Waals surface area contributed by atoms with Crippen molar-refractivity contribution in [3.63, 3.8) is 0 Å². The van der Waals surface area contributed by atoms with Gasteiger partial charge in [0.15, 0.2) is 0 Å². The van der Waals surface area contributed by atoms with E-state index in [0.717, 1.165) is 17.7 Å². The minimum absolute atomic E-state index is 0.0333. The predicted octanol–water partition coefficient (Wildman–Crippen LogP) is 3.77. The Bertz CT molecular complexity index is 861. The maximum Gasteiger partial charge on any atom is 0.490 e. The summed E-state index contributed by atoms with van der Waals surface area (Å²) in [6.07, 6.45) is -8.28. The van der Waals surface area contributed by atoms with Crippen LogP contribution in [0.25, 0.3) is 0 Å². The van der Waals surface area contributed by atoms with Gasteiger partial charge in [-0.05, 0) is 32.8 Å². The van der Waals surface area contributed by atoms with Crippen LogP contribution in [-0.4, -0.2) is 72.2 Å². The lowest BCUT2D eigenvalue weighted by atomic mass is 9.89. The number of alkyl halides is 6. The molecule has 2 aliphatic rings. The summed E-state index contributed by atoms with van der Waals surface area (Å²) in [5.74, 6) is -3.06. The molecule has 0 unspecified atom stereocenters. The molecule has 0 bridgehead atoms. The first-order valence-corrected chi connectivity index (χ1v) is 10.9. The molecule has 3 atom stereocenters. The Hall–Kier alpha value is -2.54. The van der Waals surface area contributed by atoms with E-state index in [2.05, 4.69) is 4.90 Å². The average Bonchev–Trinajstić information content (AvgIpc) is 3.21. The molecule has 0 saturated carbocycles. The van der Waals surface area contributed by atoms with Crippen LogP contribution in [0.5, 0.6) is 5.75 Å². The zero-order valence-corrected chi connectivity index (χ0v) is 19.2. The lowest BCUT2D eigenvalue weighted by molar-refractivity contribution is -0.192. The number of hydrogen-bond donors (Lipinski definition) is 2. The summed E-state index contributed by atoms with van der Waals surface area (Å²) in [5.41, 5.74) is 0.998. The Morgan fingerprint density at radius 1 is 1.20 bits per heavy atom. The van der Waals surface area contributed by atoms with Crippen LogP contribution >= 0.6 is 0 Å². The van der Waals surface area contributed by atoms with Gasteiger partial charge in [0.1, 0.15) is 12.3 Å². The van der Waals surface area contributed by atoms with Crippen molar-refractivity contribution >= 4 is 11.9 Å². The highest BCUT2D eigenvalue weighted by Gasteiger charge is 2.43. The number of fused-ring (bicyclic) bond motifs is 1. The number of rotatable bonds is 6. The fourth-order valence-electron chi connectivity index (χ4n) is 3.98. The number of nitrogens with zero attached hydrogens (tertiary/aromatic N) is 1. The highest BCUT2D eigenvalue weighted by Crippen LogP contribution is 2.34. The molecular formula is C22H28F6N2O5. The van der Waals surface area contributed by atoms with E-state index in [1.54, 1.807) is 0 Å². The van der Waals surface area contributed by atoms with Crippen molar-refractivity contribution in [2.75, 3.05) is 19.7 Å². The summed E-state index contributed by atoms with van der Waals surface area (Å²) in [7, 11) is 0. The third-order valence-corrected chi connectivity index (χ3v) is 5.40. The first-order chi connectivity index (χ1) is 16.2. The van der Waals surface area contributed by atoms with Crippen molar-refractivity contribution in [2.45, 2.75) is 63.8 Å². The van der Waals surface area contributed by atoms with Crippen LogP contribution in [0, 0.1) is 5.92 Å². The number of benzene rings is 1. The number of piperidine rings is 1. The number of halogens is 6. The van der Waals surface area contributed by atoms with Crippen LogP contribution in [0.4, 0.5) is 26.3 Å². The molecule has 2 fully saturated rings. The van der Waals surface area contributed by atoms with Gasteiger partial charge in [0.05, 0.1) is 18.1 Å². The zero-order chi connectivity index (χ0) is 26.4. The van der Waals surface area contributed by atoms with Gasteiger partial charge in [-0.25, -0.2) is 4.79 Å². The Balaban J connectivity index is 0.000000540. The number of likely N-dealkylation sites (tertiary alicyclic amines) is 1. The third kappa shape index (κ3) is 9.21. The predicted molar refractivity (Wildman–Crippen MR) is 112 cm³/mol. The fourth-order valence-corrected chi connectivity index (χ4v) is 3.98. The van der Waals surface area contributed by atoms with Gasteiger partial charge in [-0.2, -0.15) is 26.3 Å². The van der Waals surface area contributed by atoms with E-state index in [1.165, 1.54) is 0 Å². The number of carbonyl (C=O) groups excluding carboxylic acids is 1. The highest BCUT2D eigenvalue weighted by atomic mass is 19.4. The number of aliphatic carboxylic acids is 1. The Morgan fingerprint density at radius 2 is 1.83 bits per heavy atom. The van der Waals surface area contributed by atoms with Gasteiger partial charge in [-0.1, -0.05) is 18.2 Å². The number of carboxylic acid groups (broad SMARTS) is 1. The summed E-state index contributed by atoms with van der Waals surface area (Å²) < 4.78 is 80.7. The standard InChI is InChI=1S/C20H27F3N2O3.C2HF3O2/c1-13(2)28-17-6-4-3-5-14(17)10-25-11-15(9-18-16(25)7-8-27-18)19(26)24-12-20(21,22)23;3-2(4,5)1(6)7/h3-6,13,15-16,18H,7-12H2,1-2H3,(H,24,26);(H,6,7)/t15-,16+,18+;/m0./s1. The molecule has 35 heavy (non-hydrogen) atoms. The Labute approximate surface area is 198 Å². The van der Waals surface area contributed by atoms with Crippen molar-refractivity contribution in [3.8, 4) is 5.75 Å². The van der Waals surface area contributed by atoms with Gasteiger partial charge < -0.3 is 19.9 Å². The van der Waals surface area contributed by atoms with Crippen LogP contribution in [-0.2, 0) is 20.9 Å². The molecule has 2 N–H and O–H groups in total. The molecule has 0 aliphatic carbocycles. The topological polar surface area (TPSA) is 88.1 Å². The molecule has 0 spiro atoms. The maximum atomic E-state index is 12.4. The van der Waals surface area contributed by atoms with Crippen LogP contribution in [0.15, 0.2) is 24.3 Å². The molecule has 0 aromatic heterocycles. The monoisotopic (exact) mass is 514 g/mol. The van der Waals surface area contributed by atoms with E-state index in [0.29, 0.717) is 26.1 Å². The number of carbonyl (C=O) groups is 2. The SMILES string of the molecule is CC(C)Oc1ccccc1CN1C[C@@H](C(=O)NCC(F)(F)F)C[C@H]2OCC[C@H]21.O=C(O)C(F)(F)F. The summed E-state index contributed by atoms with van der Waals surface area (Å²) in [6.45, 7) is 4.19. The Kier molecular flexibility index (Phi) is 9.78. The zero-order valence-electron chi connectivity index (χ0n) is 19.2. The number of hydrogen-bond acceptors (Lipinski definition) is 5. The van der Waals surface area contributed by atoms with E-state index in [9.17, 15) is 31.1 Å². The molecule has 2 aliphatic heterocycles. The molecule has 1 aromatic rings. The highest BCUT2D eigenvalue weighted by molar-refractivity contribution is 5.79. The molecule has 1 amide bonds. The molecule has 0 radical (unpaired) electrons. The summed E-state index contributed by atoms with van der Waals surface area (Å²) in [6, 6.07) is 7.90. The summed E-state index contributed by atoms with van der Waals surface area (Å²) in [5, 5.41) is 9.15. The summed E-state index contributed by atoms with van der Waals surface area (Å²) >= 11 is 0. The largest absolute Gasteiger partial charge is 0.491 e. The van der Waals surface area contributed by atoms with E-state index in [-0.39, 0.29) is 18.2 Å². The van der Waals surface area contributed by atoms with Gasteiger partial charge in [-0.3, -0.25) is 9.69 Å². The van der Waals surface area contributed by atoms with Crippen molar-refractivity contribution in [1.29, 1.82) is 0 Å². The second-order valence-corrected chi connectivity index (χ2v) is 8.54. The lowest BCUT2D eigenvalue weighted by Crippen LogP contribution is -2.53. The molecule has 2 saturated heterocycles. The third-order valence-electron chi connectivity index (χ3n) is 5.40. The normalized spacial score (nSPS) is 22.7. The molecule has 1 aromatic carbocycles. The van der Waals surface area contributed by atoms with E-state index in [4.69, 9.17) is 19.4 Å².